The molecule has 3 heterocycles. The second kappa shape index (κ2) is 8.03. The van der Waals surface area contributed by atoms with Gasteiger partial charge in [-0.25, -0.2) is 9.97 Å². The molecule has 0 bridgehead atoms. The summed E-state index contributed by atoms with van der Waals surface area (Å²) in [7, 11) is 0. The maximum absolute atomic E-state index is 12.9. The van der Waals surface area contributed by atoms with Gasteiger partial charge in [-0.05, 0) is 57.6 Å². The Morgan fingerprint density at radius 1 is 1.14 bits per heavy atom. The minimum Gasteiger partial charge on any atom is -0.396 e. The summed E-state index contributed by atoms with van der Waals surface area (Å²) >= 11 is 0. The molecular weight excluding hydrogens is 352 g/mol. The van der Waals surface area contributed by atoms with Crippen molar-refractivity contribution in [3.8, 4) is 0 Å². The fraction of sp³-hybridized carbons (Fsp3) is 0.591. The smallest absolute Gasteiger partial charge is 0.226 e. The average molecular weight is 383 g/mol. The first-order chi connectivity index (χ1) is 13.5. The Kier molecular flexibility index (Phi) is 5.49. The standard InChI is InChI=1S/C22H30N4O2/c1-15-5-6-20-19(12-15)16(2)23-22(24-20)25-10-7-18(8-11-25)21(28)26-9-3-4-17(13-26)14-27/h5-6,12,17-18,27H,3-4,7-11,13-14H2,1-2H3/t17-/m1/s1. The minimum atomic E-state index is 0.0814. The maximum Gasteiger partial charge on any atom is 0.226 e. The number of carbonyl (C=O) groups excluding carboxylic acids is 1. The predicted octanol–water partition coefficient (Wildman–Crippen LogP) is 2.69. The van der Waals surface area contributed by atoms with Crippen LogP contribution in [0.15, 0.2) is 18.2 Å². The SMILES string of the molecule is Cc1ccc2nc(N3CCC(C(=O)N4CCC[C@@H](CO)C4)CC3)nc(C)c2c1. The maximum atomic E-state index is 12.9. The van der Waals surface area contributed by atoms with E-state index >= 15 is 0 Å². The van der Waals surface area contributed by atoms with Gasteiger partial charge >= 0.3 is 0 Å². The molecule has 1 aromatic carbocycles. The molecule has 0 unspecified atom stereocenters. The number of rotatable bonds is 3. The van der Waals surface area contributed by atoms with Gasteiger partial charge in [0.25, 0.3) is 0 Å². The summed E-state index contributed by atoms with van der Waals surface area (Å²) in [6.45, 7) is 7.47. The van der Waals surface area contributed by atoms with E-state index in [1.54, 1.807) is 0 Å². The molecule has 28 heavy (non-hydrogen) atoms. The molecule has 1 N–H and O–H groups in total. The number of carbonyl (C=O) groups is 1. The normalized spacial score (nSPS) is 21.3. The van der Waals surface area contributed by atoms with Gasteiger partial charge in [0.05, 0.1) is 11.2 Å². The number of aryl methyl sites for hydroxylation is 2. The Bertz CT molecular complexity index is 861. The highest BCUT2D eigenvalue weighted by Gasteiger charge is 2.32. The van der Waals surface area contributed by atoms with Crippen molar-refractivity contribution in [1.82, 2.24) is 14.9 Å². The number of likely N-dealkylation sites (tertiary alicyclic amines) is 1. The second-order valence-corrected chi connectivity index (χ2v) is 8.37. The Morgan fingerprint density at radius 3 is 2.68 bits per heavy atom. The van der Waals surface area contributed by atoms with Crippen molar-refractivity contribution in [2.45, 2.75) is 39.5 Å². The molecule has 0 saturated carbocycles. The van der Waals surface area contributed by atoms with E-state index in [4.69, 9.17) is 9.97 Å². The molecule has 0 radical (unpaired) electrons. The number of hydrogen-bond donors (Lipinski definition) is 1. The Hall–Kier alpha value is -2.21. The lowest BCUT2D eigenvalue weighted by molar-refractivity contribution is -0.138. The largest absolute Gasteiger partial charge is 0.396 e. The van der Waals surface area contributed by atoms with E-state index in [1.165, 1.54) is 5.56 Å². The fourth-order valence-electron chi connectivity index (χ4n) is 4.52. The zero-order valence-electron chi connectivity index (χ0n) is 16.9. The van der Waals surface area contributed by atoms with Gasteiger partial charge in [0, 0.05) is 44.1 Å². The number of aliphatic hydroxyl groups is 1. The van der Waals surface area contributed by atoms with E-state index in [0.29, 0.717) is 6.54 Å². The van der Waals surface area contributed by atoms with Crippen LogP contribution in [-0.4, -0.2) is 58.7 Å². The van der Waals surface area contributed by atoms with Gasteiger partial charge in [0.15, 0.2) is 0 Å². The van der Waals surface area contributed by atoms with Crippen molar-refractivity contribution in [3.05, 3.63) is 29.5 Å². The highest BCUT2D eigenvalue weighted by atomic mass is 16.3. The quantitative estimate of drug-likeness (QED) is 0.884. The van der Waals surface area contributed by atoms with Gasteiger partial charge in [0.2, 0.25) is 11.9 Å². The minimum absolute atomic E-state index is 0.0814. The van der Waals surface area contributed by atoms with Crippen molar-refractivity contribution >= 4 is 22.8 Å². The molecule has 6 heteroatoms. The number of fused-ring (bicyclic) bond motifs is 1. The van der Waals surface area contributed by atoms with Crippen LogP contribution in [0.2, 0.25) is 0 Å². The summed E-state index contributed by atoms with van der Waals surface area (Å²) in [5.74, 6) is 1.37. The van der Waals surface area contributed by atoms with Crippen LogP contribution < -0.4 is 4.90 Å². The summed E-state index contributed by atoms with van der Waals surface area (Å²) in [4.78, 5) is 26.6. The number of aromatic nitrogens is 2. The summed E-state index contributed by atoms with van der Waals surface area (Å²) in [5.41, 5.74) is 3.20. The van der Waals surface area contributed by atoms with Crippen LogP contribution in [0.4, 0.5) is 5.95 Å². The monoisotopic (exact) mass is 382 g/mol. The number of piperidine rings is 2. The molecule has 150 valence electrons. The molecular formula is C22H30N4O2. The van der Waals surface area contributed by atoms with Crippen LogP contribution in [0.5, 0.6) is 0 Å². The molecule has 1 atom stereocenters. The average Bonchev–Trinajstić information content (AvgIpc) is 2.73. The summed E-state index contributed by atoms with van der Waals surface area (Å²) in [6.07, 6.45) is 3.71. The number of amides is 1. The van der Waals surface area contributed by atoms with Gasteiger partial charge in [-0.1, -0.05) is 11.6 Å². The summed E-state index contributed by atoms with van der Waals surface area (Å²) in [6, 6.07) is 6.28. The molecule has 2 aliphatic rings. The third-order valence-corrected chi connectivity index (χ3v) is 6.25. The molecule has 4 rings (SSSR count). The van der Waals surface area contributed by atoms with E-state index in [-0.39, 0.29) is 24.3 Å². The molecule has 2 aliphatic heterocycles. The molecule has 2 saturated heterocycles. The topological polar surface area (TPSA) is 69.6 Å². The van der Waals surface area contributed by atoms with E-state index in [9.17, 15) is 9.90 Å². The van der Waals surface area contributed by atoms with Gasteiger partial charge in [-0.2, -0.15) is 0 Å². The molecule has 2 aromatic rings. The van der Waals surface area contributed by atoms with Crippen molar-refractivity contribution in [2.24, 2.45) is 11.8 Å². The first kappa shape index (κ1) is 19.1. The van der Waals surface area contributed by atoms with Gasteiger partial charge in [-0.15, -0.1) is 0 Å². The van der Waals surface area contributed by atoms with Crippen molar-refractivity contribution in [3.63, 3.8) is 0 Å². The molecule has 2 fully saturated rings. The molecule has 0 spiro atoms. The molecule has 0 aliphatic carbocycles. The summed E-state index contributed by atoms with van der Waals surface area (Å²) < 4.78 is 0. The third kappa shape index (κ3) is 3.83. The van der Waals surface area contributed by atoms with E-state index in [0.717, 1.165) is 67.9 Å². The molecule has 6 nitrogen and oxygen atoms in total. The molecule has 1 amide bonds. The van der Waals surface area contributed by atoms with E-state index in [1.807, 2.05) is 11.8 Å². The first-order valence-electron chi connectivity index (χ1n) is 10.4. The first-order valence-corrected chi connectivity index (χ1v) is 10.4. The number of nitrogens with zero attached hydrogens (tertiary/aromatic N) is 4. The number of aliphatic hydroxyl groups excluding tert-OH is 1. The van der Waals surface area contributed by atoms with Crippen LogP contribution in [0.1, 0.15) is 36.9 Å². The van der Waals surface area contributed by atoms with Crippen LogP contribution in [0.25, 0.3) is 10.9 Å². The van der Waals surface area contributed by atoms with Crippen LogP contribution in [0, 0.1) is 25.7 Å². The van der Waals surface area contributed by atoms with Crippen molar-refractivity contribution in [1.29, 1.82) is 0 Å². The van der Waals surface area contributed by atoms with Crippen LogP contribution >= 0.6 is 0 Å². The lowest BCUT2D eigenvalue weighted by Crippen LogP contribution is -2.47. The second-order valence-electron chi connectivity index (χ2n) is 8.37. The van der Waals surface area contributed by atoms with Gasteiger partial charge in [0.1, 0.15) is 0 Å². The zero-order valence-corrected chi connectivity index (χ0v) is 16.9. The Balaban J connectivity index is 1.42. The third-order valence-electron chi connectivity index (χ3n) is 6.25. The lowest BCUT2D eigenvalue weighted by atomic mass is 9.92. The number of benzene rings is 1. The number of anilines is 1. The Morgan fingerprint density at radius 2 is 1.93 bits per heavy atom. The van der Waals surface area contributed by atoms with Gasteiger partial charge in [-0.3, -0.25) is 4.79 Å². The van der Waals surface area contributed by atoms with E-state index < -0.39 is 0 Å². The summed E-state index contributed by atoms with van der Waals surface area (Å²) in [5, 5.41) is 10.5. The Labute approximate surface area is 166 Å². The van der Waals surface area contributed by atoms with E-state index in [2.05, 4.69) is 30.0 Å². The highest BCUT2D eigenvalue weighted by molar-refractivity contribution is 5.82. The highest BCUT2D eigenvalue weighted by Crippen LogP contribution is 2.27. The zero-order chi connectivity index (χ0) is 19.7. The molecule has 1 aromatic heterocycles. The fourth-order valence-corrected chi connectivity index (χ4v) is 4.52. The lowest BCUT2D eigenvalue weighted by Gasteiger charge is -2.37. The van der Waals surface area contributed by atoms with Crippen LogP contribution in [0.3, 0.4) is 0 Å². The van der Waals surface area contributed by atoms with Crippen molar-refractivity contribution in [2.75, 3.05) is 37.7 Å². The van der Waals surface area contributed by atoms with Crippen molar-refractivity contribution < 1.29 is 9.90 Å². The van der Waals surface area contributed by atoms with Gasteiger partial charge < -0.3 is 14.9 Å². The predicted molar refractivity (Wildman–Crippen MR) is 110 cm³/mol. The number of hydrogen-bond acceptors (Lipinski definition) is 5. The van der Waals surface area contributed by atoms with Crippen LogP contribution in [-0.2, 0) is 4.79 Å².